The van der Waals surface area contributed by atoms with Gasteiger partial charge in [0, 0.05) is 26.7 Å². The van der Waals surface area contributed by atoms with E-state index in [4.69, 9.17) is 0 Å². The fraction of sp³-hybridized carbons (Fsp3) is 0.500. The van der Waals surface area contributed by atoms with Crippen molar-refractivity contribution in [2.24, 2.45) is 7.05 Å². The molecule has 0 spiro atoms. The number of hydrogen-bond acceptors (Lipinski definition) is 4. The molecule has 0 aromatic carbocycles. The number of aromatic nitrogens is 4. The monoisotopic (exact) mass is 289 g/mol. The molecule has 1 fully saturated rings. The van der Waals surface area contributed by atoms with Gasteiger partial charge >= 0.3 is 5.69 Å². The molecule has 21 heavy (non-hydrogen) atoms. The molecule has 2 aromatic heterocycles. The summed E-state index contributed by atoms with van der Waals surface area (Å²) in [5, 5.41) is 0. The number of allylic oxidation sites excluding steroid dienone is 1. The second-order valence-electron chi connectivity index (χ2n) is 5.35. The average Bonchev–Trinajstić information content (AvgIpc) is 2.86. The largest absolute Gasteiger partial charge is 0.342 e. The van der Waals surface area contributed by atoms with E-state index in [0.29, 0.717) is 17.7 Å². The highest BCUT2D eigenvalue weighted by Gasteiger charge is 2.21. The van der Waals surface area contributed by atoms with E-state index in [1.165, 1.54) is 11.0 Å². The number of anilines is 1. The predicted octanol–water partition coefficient (Wildman–Crippen LogP) is 0.600. The Morgan fingerprint density at radius 3 is 2.67 bits per heavy atom. The van der Waals surface area contributed by atoms with Gasteiger partial charge in [-0.1, -0.05) is 6.08 Å². The van der Waals surface area contributed by atoms with Crippen LogP contribution < -0.4 is 16.1 Å². The van der Waals surface area contributed by atoms with E-state index in [2.05, 4.69) is 21.4 Å². The number of piperidine rings is 1. The lowest BCUT2D eigenvalue weighted by molar-refractivity contribution is 0.561. The molecule has 1 aliphatic rings. The Morgan fingerprint density at radius 2 is 2.00 bits per heavy atom. The van der Waals surface area contributed by atoms with Crippen molar-refractivity contribution >= 4 is 17.1 Å². The maximum atomic E-state index is 12.2. The highest BCUT2D eigenvalue weighted by molar-refractivity contribution is 5.74. The molecule has 0 radical (unpaired) electrons. The van der Waals surface area contributed by atoms with Gasteiger partial charge in [0.1, 0.15) is 0 Å². The molecule has 1 N–H and O–H groups in total. The average molecular weight is 289 g/mol. The lowest BCUT2D eigenvalue weighted by Gasteiger charge is -2.27. The third-order valence-electron chi connectivity index (χ3n) is 3.94. The van der Waals surface area contributed by atoms with Gasteiger partial charge < -0.3 is 9.47 Å². The number of hydrogen-bond donors (Lipinski definition) is 1. The minimum Gasteiger partial charge on any atom is -0.342 e. The van der Waals surface area contributed by atoms with Gasteiger partial charge in [0.2, 0.25) is 5.95 Å². The van der Waals surface area contributed by atoms with Gasteiger partial charge in [-0.05, 0) is 19.3 Å². The molecule has 0 unspecified atom stereocenters. The molecule has 3 heterocycles. The molecule has 3 rings (SSSR count). The highest BCUT2D eigenvalue weighted by atomic mass is 16.2. The van der Waals surface area contributed by atoms with Crippen LogP contribution in [0.5, 0.6) is 0 Å². The molecule has 0 atom stereocenters. The number of aromatic amines is 1. The Balaban J connectivity index is 2.28. The zero-order valence-electron chi connectivity index (χ0n) is 12.1. The van der Waals surface area contributed by atoms with Crippen molar-refractivity contribution in [3.63, 3.8) is 0 Å². The van der Waals surface area contributed by atoms with E-state index in [1.54, 1.807) is 13.1 Å². The van der Waals surface area contributed by atoms with Crippen molar-refractivity contribution in [1.29, 1.82) is 0 Å². The third-order valence-corrected chi connectivity index (χ3v) is 3.94. The van der Waals surface area contributed by atoms with Crippen molar-refractivity contribution in [3.05, 3.63) is 33.5 Å². The SMILES string of the molecule is C=CCn1c(N2CCCCC2)nc2c1c(=O)[nH]c(=O)n2C. The van der Waals surface area contributed by atoms with Crippen LogP contribution in [0.2, 0.25) is 0 Å². The number of imidazole rings is 1. The predicted molar refractivity (Wildman–Crippen MR) is 81.9 cm³/mol. The molecule has 1 saturated heterocycles. The molecule has 0 amide bonds. The molecule has 1 aliphatic heterocycles. The van der Waals surface area contributed by atoms with Crippen LogP contribution in [-0.2, 0) is 13.6 Å². The lowest BCUT2D eigenvalue weighted by atomic mass is 10.1. The lowest BCUT2D eigenvalue weighted by Crippen LogP contribution is -2.32. The first kappa shape index (κ1) is 13.7. The summed E-state index contributed by atoms with van der Waals surface area (Å²) in [6, 6.07) is 0. The number of H-pyrrole nitrogens is 1. The summed E-state index contributed by atoms with van der Waals surface area (Å²) >= 11 is 0. The molecule has 0 aliphatic carbocycles. The van der Waals surface area contributed by atoms with E-state index in [0.717, 1.165) is 31.9 Å². The van der Waals surface area contributed by atoms with Gasteiger partial charge in [-0.2, -0.15) is 4.98 Å². The zero-order valence-corrected chi connectivity index (χ0v) is 12.1. The van der Waals surface area contributed by atoms with Crippen molar-refractivity contribution in [3.8, 4) is 0 Å². The van der Waals surface area contributed by atoms with E-state index in [1.807, 2.05) is 4.57 Å². The van der Waals surface area contributed by atoms with Gasteiger partial charge in [-0.15, -0.1) is 6.58 Å². The van der Waals surface area contributed by atoms with Gasteiger partial charge in [0.05, 0.1) is 0 Å². The maximum Gasteiger partial charge on any atom is 0.329 e. The Hall–Kier alpha value is -2.31. The number of nitrogens with one attached hydrogen (secondary N) is 1. The van der Waals surface area contributed by atoms with Crippen molar-refractivity contribution in [2.75, 3.05) is 18.0 Å². The second kappa shape index (κ2) is 5.23. The van der Waals surface area contributed by atoms with E-state index < -0.39 is 11.2 Å². The van der Waals surface area contributed by atoms with Crippen molar-refractivity contribution < 1.29 is 0 Å². The number of nitrogens with zero attached hydrogens (tertiary/aromatic N) is 4. The molecular weight excluding hydrogens is 270 g/mol. The summed E-state index contributed by atoms with van der Waals surface area (Å²) in [5.74, 6) is 0.747. The van der Waals surface area contributed by atoms with Crippen molar-refractivity contribution in [2.45, 2.75) is 25.8 Å². The van der Waals surface area contributed by atoms with E-state index >= 15 is 0 Å². The number of aryl methyl sites for hydroxylation is 1. The van der Waals surface area contributed by atoms with Gasteiger partial charge in [-0.3, -0.25) is 14.3 Å². The second-order valence-corrected chi connectivity index (χ2v) is 5.35. The first-order valence-corrected chi connectivity index (χ1v) is 7.19. The molecule has 0 saturated carbocycles. The van der Waals surface area contributed by atoms with Crippen LogP contribution in [0.4, 0.5) is 5.95 Å². The summed E-state index contributed by atoms with van der Waals surface area (Å²) in [4.78, 5) is 33.0. The normalized spacial score (nSPS) is 15.6. The van der Waals surface area contributed by atoms with Gasteiger partial charge in [0.15, 0.2) is 11.2 Å². The Labute approximate surface area is 121 Å². The van der Waals surface area contributed by atoms with Crippen LogP contribution >= 0.6 is 0 Å². The fourth-order valence-electron chi connectivity index (χ4n) is 2.86. The summed E-state index contributed by atoms with van der Waals surface area (Å²) in [6.07, 6.45) is 5.19. The van der Waals surface area contributed by atoms with E-state index in [9.17, 15) is 9.59 Å². The summed E-state index contributed by atoms with van der Waals surface area (Å²) in [6.45, 7) is 6.09. The Bertz CT molecular complexity index is 792. The van der Waals surface area contributed by atoms with Crippen LogP contribution in [0.3, 0.4) is 0 Å². The summed E-state index contributed by atoms with van der Waals surface area (Å²) in [7, 11) is 1.62. The van der Waals surface area contributed by atoms with Gasteiger partial charge in [-0.25, -0.2) is 4.79 Å². The Morgan fingerprint density at radius 1 is 1.29 bits per heavy atom. The standard InChI is InChI=1S/C14H19N5O2/c1-3-7-19-10-11(17(2)14(21)16-12(10)20)15-13(19)18-8-5-4-6-9-18/h3H,1,4-9H2,2H3,(H,16,20,21). The molecule has 0 bridgehead atoms. The smallest absolute Gasteiger partial charge is 0.329 e. The number of fused-ring (bicyclic) bond motifs is 1. The van der Waals surface area contributed by atoms with Crippen LogP contribution in [0, 0.1) is 0 Å². The first-order valence-electron chi connectivity index (χ1n) is 7.19. The molecule has 2 aromatic rings. The zero-order chi connectivity index (χ0) is 15.0. The van der Waals surface area contributed by atoms with Crippen LogP contribution in [-0.4, -0.2) is 32.2 Å². The fourth-order valence-corrected chi connectivity index (χ4v) is 2.86. The minimum atomic E-state index is -0.444. The summed E-state index contributed by atoms with van der Waals surface area (Å²) < 4.78 is 3.22. The van der Waals surface area contributed by atoms with Crippen LogP contribution in [0.1, 0.15) is 19.3 Å². The molecule has 7 heteroatoms. The van der Waals surface area contributed by atoms with Crippen LogP contribution in [0.15, 0.2) is 22.2 Å². The number of rotatable bonds is 3. The quantitative estimate of drug-likeness (QED) is 0.840. The highest BCUT2D eigenvalue weighted by Crippen LogP contribution is 2.22. The molecule has 7 nitrogen and oxygen atoms in total. The Kier molecular flexibility index (Phi) is 3.40. The van der Waals surface area contributed by atoms with E-state index in [-0.39, 0.29) is 0 Å². The third kappa shape index (κ3) is 2.18. The molecular formula is C14H19N5O2. The molecule has 112 valence electrons. The maximum absolute atomic E-state index is 12.2. The summed E-state index contributed by atoms with van der Waals surface area (Å²) in [5.41, 5.74) is 0.00963. The van der Waals surface area contributed by atoms with Crippen LogP contribution in [0.25, 0.3) is 11.2 Å². The van der Waals surface area contributed by atoms with Crippen molar-refractivity contribution in [1.82, 2.24) is 19.1 Å². The van der Waals surface area contributed by atoms with Gasteiger partial charge in [0.25, 0.3) is 5.56 Å². The minimum absolute atomic E-state index is 0.397. The first-order chi connectivity index (χ1) is 10.1. The topological polar surface area (TPSA) is 75.9 Å².